The maximum absolute atomic E-state index is 6.05. The van der Waals surface area contributed by atoms with Gasteiger partial charge in [0.15, 0.2) is 5.82 Å². The molecule has 1 saturated heterocycles. The lowest BCUT2D eigenvalue weighted by Gasteiger charge is -2.35. The Hall–Kier alpha value is -2.64. The summed E-state index contributed by atoms with van der Waals surface area (Å²) in [7, 11) is 0. The maximum atomic E-state index is 6.05. The van der Waals surface area contributed by atoms with Crippen molar-refractivity contribution in [2.75, 3.05) is 19.7 Å². The van der Waals surface area contributed by atoms with Gasteiger partial charge in [0.1, 0.15) is 5.82 Å². The highest BCUT2D eigenvalue weighted by Crippen LogP contribution is 2.20. The first-order valence-electron chi connectivity index (χ1n) is 9.75. The molecule has 0 N–H and O–H groups in total. The minimum absolute atomic E-state index is 0.104. The fourth-order valence-corrected chi connectivity index (χ4v) is 3.51. The Labute approximate surface area is 165 Å². The van der Waals surface area contributed by atoms with Crippen molar-refractivity contribution < 1.29 is 4.74 Å². The van der Waals surface area contributed by atoms with E-state index >= 15 is 0 Å². The molecule has 1 unspecified atom stereocenters. The minimum atomic E-state index is 0.104. The number of hydrogen-bond donors (Lipinski definition) is 0. The van der Waals surface area contributed by atoms with E-state index in [0.717, 1.165) is 42.5 Å². The molecule has 3 aromatic rings. The Morgan fingerprint density at radius 2 is 2.00 bits per heavy atom. The van der Waals surface area contributed by atoms with Gasteiger partial charge in [0, 0.05) is 55.4 Å². The van der Waals surface area contributed by atoms with Gasteiger partial charge in [0.25, 0.3) is 0 Å². The predicted octanol–water partition coefficient (Wildman–Crippen LogP) is 2.68. The number of nitrogens with zero attached hydrogens (tertiary/aromatic N) is 6. The van der Waals surface area contributed by atoms with Crippen LogP contribution in [-0.2, 0) is 11.2 Å². The number of ether oxygens (including phenoxy) is 1. The summed E-state index contributed by atoms with van der Waals surface area (Å²) in [4.78, 5) is 15.7. The molecular weight excluding hydrogens is 352 g/mol. The molecule has 0 bridgehead atoms. The Kier molecular flexibility index (Phi) is 5.45. The van der Waals surface area contributed by atoms with E-state index in [9.17, 15) is 0 Å². The average Bonchev–Trinajstić information content (AvgIpc) is 3.13. The number of rotatable bonds is 5. The molecule has 3 aromatic heterocycles. The smallest absolute Gasteiger partial charge is 0.181 e. The monoisotopic (exact) mass is 378 g/mol. The van der Waals surface area contributed by atoms with Gasteiger partial charge in [0.05, 0.1) is 18.4 Å². The zero-order valence-electron chi connectivity index (χ0n) is 16.6. The van der Waals surface area contributed by atoms with Gasteiger partial charge in [-0.2, -0.15) is 0 Å². The molecule has 1 atom stereocenters. The van der Waals surface area contributed by atoms with Crippen LogP contribution >= 0.6 is 0 Å². The molecule has 0 aromatic carbocycles. The Morgan fingerprint density at radius 3 is 2.75 bits per heavy atom. The van der Waals surface area contributed by atoms with Crippen molar-refractivity contribution in [3.05, 3.63) is 54.4 Å². The van der Waals surface area contributed by atoms with Crippen molar-refractivity contribution in [1.82, 2.24) is 29.6 Å². The molecule has 146 valence electrons. The summed E-state index contributed by atoms with van der Waals surface area (Å²) in [5.41, 5.74) is 2.87. The highest BCUT2D eigenvalue weighted by molar-refractivity contribution is 5.54. The predicted molar refractivity (Wildman–Crippen MR) is 107 cm³/mol. The first-order valence-corrected chi connectivity index (χ1v) is 9.75. The van der Waals surface area contributed by atoms with Crippen molar-refractivity contribution in [2.24, 2.45) is 0 Å². The summed E-state index contributed by atoms with van der Waals surface area (Å²) < 4.78 is 7.97. The van der Waals surface area contributed by atoms with Gasteiger partial charge in [-0.25, -0.2) is 9.67 Å². The van der Waals surface area contributed by atoms with E-state index < -0.39 is 0 Å². The van der Waals surface area contributed by atoms with Crippen LogP contribution in [0.15, 0.2) is 42.9 Å². The van der Waals surface area contributed by atoms with Gasteiger partial charge in [-0.1, -0.05) is 0 Å². The lowest BCUT2D eigenvalue weighted by Crippen LogP contribution is -2.46. The molecule has 7 heteroatoms. The van der Waals surface area contributed by atoms with Gasteiger partial charge in [0.2, 0.25) is 0 Å². The zero-order chi connectivity index (χ0) is 19.5. The fourth-order valence-electron chi connectivity index (χ4n) is 3.51. The Bertz CT molecular complexity index is 924. The van der Waals surface area contributed by atoms with E-state index in [-0.39, 0.29) is 6.10 Å². The van der Waals surface area contributed by atoms with Crippen LogP contribution in [0, 0.1) is 6.92 Å². The molecule has 28 heavy (non-hydrogen) atoms. The largest absolute Gasteiger partial charge is 0.375 e. The van der Waals surface area contributed by atoms with Crippen molar-refractivity contribution >= 4 is 0 Å². The lowest BCUT2D eigenvalue weighted by molar-refractivity contribution is -0.0387. The molecule has 1 aliphatic rings. The van der Waals surface area contributed by atoms with Crippen LogP contribution in [0.2, 0.25) is 0 Å². The highest BCUT2D eigenvalue weighted by Gasteiger charge is 2.25. The fraction of sp³-hybridized carbons (Fsp3) is 0.429. The molecule has 7 nitrogen and oxygen atoms in total. The molecule has 0 radical (unpaired) electrons. The summed E-state index contributed by atoms with van der Waals surface area (Å²) in [6.07, 6.45) is 6.14. The SMILES string of the molecule is Cc1cc(-n2nc(-c3ccncc3)nc2CC2CN(C(C)C)CCO2)ccn1. The van der Waals surface area contributed by atoms with Crippen molar-refractivity contribution in [3.8, 4) is 17.1 Å². The van der Waals surface area contributed by atoms with Crippen LogP contribution in [0.25, 0.3) is 17.1 Å². The van der Waals surface area contributed by atoms with Crippen LogP contribution in [0.5, 0.6) is 0 Å². The van der Waals surface area contributed by atoms with E-state index in [4.69, 9.17) is 14.8 Å². The van der Waals surface area contributed by atoms with Crippen molar-refractivity contribution in [1.29, 1.82) is 0 Å². The second-order valence-corrected chi connectivity index (χ2v) is 7.44. The summed E-state index contributed by atoms with van der Waals surface area (Å²) >= 11 is 0. The first-order chi connectivity index (χ1) is 13.6. The molecule has 0 aliphatic carbocycles. The highest BCUT2D eigenvalue weighted by atomic mass is 16.5. The molecule has 1 fully saturated rings. The van der Waals surface area contributed by atoms with Gasteiger partial charge in [-0.3, -0.25) is 14.9 Å². The van der Waals surface area contributed by atoms with Gasteiger partial charge in [-0.15, -0.1) is 5.10 Å². The number of pyridine rings is 2. The number of morpholine rings is 1. The molecule has 4 rings (SSSR count). The molecule has 0 amide bonds. The number of hydrogen-bond acceptors (Lipinski definition) is 6. The third-order valence-corrected chi connectivity index (χ3v) is 5.05. The number of aromatic nitrogens is 5. The summed E-state index contributed by atoms with van der Waals surface area (Å²) in [6.45, 7) is 9.08. The second kappa shape index (κ2) is 8.16. The van der Waals surface area contributed by atoms with E-state index in [1.54, 1.807) is 18.6 Å². The van der Waals surface area contributed by atoms with E-state index in [0.29, 0.717) is 18.3 Å². The van der Waals surface area contributed by atoms with Gasteiger partial charge >= 0.3 is 0 Å². The second-order valence-electron chi connectivity index (χ2n) is 7.44. The molecule has 1 aliphatic heterocycles. The van der Waals surface area contributed by atoms with E-state index in [1.807, 2.05) is 35.9 Å². The van der Waals surface area contributed by atoms with Crippen LogP contribution < -0.4 is 0 Å². The quantitative estimate of drug-likeness (QED) is 0.680. The number of aryl methyl sites for hydroxylation is 1. The summed E-state index contributed by atoms with van der Waals surface area (Å²) in [5.74, 6) is 1.59. The van der Waals surface area contributed by atoms with E-state index in [2.05, 4.69) is 28.7 Å². The van der Waals surface area contributed by atoms with E-state index in [1.165, 1.54) is 0 Å². The Morgan fingerprint density at radius 1 is 1.18 bits per heavy atom. The average molecular weight is 378 g/mol. The molecule has 0 spiro atoms. The molecule has 0 saturated carbocycles. The van der Waals surface area contributed by atoms with Crippen LogP contribution in [0.1, 0.15) is 25.4 Å². The van der Waals surface area contributed by atoms with Crippen LogP contribution in [-0.4, -0.2) is 61.5 Å². The normalized spacial score (nSPS) is 17.9. The van der Waals surface area contributed by atoms with Crippen LogP contribution in [0.4, 0.5) is 0 Å². The molecule has 4 heterocycles. The summed E-state index contributed by atoms with van der Waals surface area (Å²) in [6, 6.07) is 8.36. The maximum Gasteiger partial charge on any atom is 0.181 e. The topological polar surface area (TPSA) is 69.0 Å². The van der Waals surface area contributed by atoms with Gasteiger partial charge in [-0.05, 0) is 45.0 Å². The standard InChI is InChI=1S/C21H26N6O/c1-15(2)26-10-11-28-19(14-26)13-20-24-21(17-4-7-22-8-5-17)25-27(20)18-6-9-23-16(3)12-18/h4-9,12,15,19H,10-11,13-14H2,1-3H3. The third-order valence-electron chi connectivity index (χ3n) is 5.05. The zero-order valence-corrected chi connectivity index (χ0v) is 16.6. The van der Waals surface area contributed by atoms with Crippen molar-refractivity contribution in [3.63, 3.8) is 0 Å². The molecular formula is C21H26N6O. The lowest BCUT2D eigenvalue weighted by atomic mass is 10.1. The minimum Gasteiger partial charge on any atom is -0.375 e. The van der Waals surface area contributed by atoms with Crippen LogP contribution in [0.3, 0.4) is 0 Å². The van der Waals surface area contributed by atoms with Gasteiger partial charge < -0.3 is 4.74 Å². The van der Waals surface area contributed by atoms with Crippen molar-refractivity contribution in [2.45, 2.75) is 39.3 Å². The first kappa shape index (κ1) is 18.7. The third kappa shape index (κ3) is 4.10. The Balaban J connectivity index is 1.67. The summed E-state index contributed by atoms with van der Waals surface area (Å²) in [5, 5.41) is 4.79.